The van der Waals surface area contributed by atoms with Gasteiger partial charge in [-0.3, -0.25) is 0 Å². The maximum atomic E-state index is 11.8. The molecule has 4 heteroatoms. The molecule has 2 aromatic carbocycles. The van der Waals surface area contributed by atoms with Crippen LogP contribution >= 0.6 is 11.3 Å². The van der Waals surface area contributed by atoms with Crippen LogP contribution < -0.4 is 4.74 Å². The van der Waals surface area contributed by atoms with E-state index in [1.54, 1.807) is 24.5 Å². The van der Waals surface area contributed by atoms with Crippen LogP contribution in [0.3, 0.4) is 0 Å². The van der Waals surface area contributed by atoms with Gasteiger partial charge in [0.15, 0.2) is 0 Å². The molecule has 0 atom stereocenters. The van der Waals surface area contributed by atoms with E-state index in [0.717, 1.165) is 32.5 Å². The third-order valence-electron chi connectivity index (χ3n) is 3.68. The number of rotatable bonds is 4. The number of thiophene rings is 1. The Bertz CT molecular complexity index is 889. The maximum absolute atomic E-state index is 11.8. The molecule has 0 saturated carbocycles. The lowest BCUT2D eigenvalue weighted by molar-refractivity contribution is -0.130. The molecule has 0 aliphatic rings. The summed E-state index contributed by atoms with van der Waals surface area (Å²) >= 11 is 1.56. The highest BCUT2D eigenvalue weighted by Crippen LogP contribution is 2.33. The normalized spacial score (nSPS) is 11.7. The van der Waals surface area contributed by atoms with Gasteiger partial charge in [-0.1, -0.05) is 23.8 Å². The summed E-state index contributed by atoms with van der Waals surface area (Å²) in [6.07, 6.45) is 1.70. The van der Waals surface area contributed by atoms with Gasteiger partial charge in [0.1, 0.15) is 5.75 Å². The van der Waals surface area contributed by atoms with E-state index in [-0.39, 0.29) is 0 Å². The van der Waals surface area contributed by atoms with Gasteiger partial charge in [0, 0.05) is 21.0 Å². The largest absolute Gasteiger partial charge is 0.497 e. The Morgan fingerprint density at radius 1 is 1.17 bits per heavy atom. The Morgan fingerprint density at radius 2 is 1.91 bits per heavy atom. The highest BCUT2D eigenvalue weighted by Gasteiger charge is 2.15. The van der Waals surface area contributed by atoms with Crippen LogP contribution in [-0.4, -0.2) is 18.2 Å². The molecule has 1 aromatic heterocycles. The third-order valence-corrected chi connectivity index (χ3v) is 4.64. The third kappa shape index (κ3) is 3.12. The van der Waals surface area contributed by atoms with Crippen molar-refractivity contribution >= 4 is 39.0 Å². The minimum atomic E-state index is -0.929. The molecule has 1 N–H and O–H groups in total. The van der Waals surface area contributed by atoms with Crippen molar-refractivity contribution < 1.29 is 14.6 Å². The molecule has 0 saturated heterocycles. The first-order chi connectivity index (χ1) is 11.1. The molecule has 0 unspecified atom stereocenters. The molecule has 0 amide bonds. The van der Waals surface area contributed by atoms with Gasteiger partial charge >= 0.3 is 5.97 Å². The summed E-state index contributed by atoms with van der Waals surface area (Å²) in [5.74, 6) is -0.183. The molecule has 3 nitrogen and oxygen atoms in total. The highest BCUT2D eigenvalue weighted by atomic mass is 32.1. The summed E-state index contributed by atoms with van der Waals surface area (Å²) in [6, 6.07) is 13.4. The van der Waals surface area contributed by atoms with Crippen LogP contribution in [0.4, 0.5) is 0 Å². The molecule has 23 heavy (non-hydrogen) atoms. The molecular weight excluding hydrogens is 308 g/mol. The summed E-state index contributed by atoms with van der Waals surface area (Å²) < 4.78 is 6.22. The standard InChI is InChI=1S/C19H16O3S/c1-12-3-8-18-15(9-12)17(11-23-18)16(19(20)21)10-13-4-6-14(22-2)7-5-13/h3-11H,1-2H3,(H,20,21)/b16-10+. The molecule has 1 heterocycles. The summed E-state index contributed by atoms with van der Waals surface area (Å²) in [7, 11) is 1.60. The van der Waals surface area contributed by atoms with Crippen LogP contribution in [0.15, 0.2) is 47.8 Å². The number of hydrogen-bond acceptors (Lipinski definition) is 3. The van der Waals surface area contributed by atoms with E-state index in [1.807, 2.05) is 54.8 Å². The minimum Gasteiger partial charge on any atom is -0.497 e. The Hall–Kier alpha value is -2.59. The van der Waals surface area contributed by atoms with Gasteiger partial charge in [-0.25, -0.2) is 4.79 Å². The SMILES string of the molecule is COc1ccc(/C=C(/C(=O)O)c2csc3ccc(C)cc23)cc1. The zero-order valence-electron chi connectivity index (χ0n) is 12.9. The predicted molar refractivity (Wildman–Crippen MR) is 95.1 cm³/mol. The number of fused-ring (bicyclic) bond motifs is 1. The average molecular weight is 324 g/mol. The molecule has 0 bridgehead atoms. The van der Waals surface area contributed by atoms with Gasteiger partial charge in [-0.05, 0) is 42.8 Å². The molecule has 3 rings (SSSR count). The zero-order chi connectivity index (χ0) is 16.4. The lowest BCUT2D eigenvalue weighted by Crippen LogP contribution is -1.99. The molecule has 0 aliphatic heterocycles. The van der Waals surface area contributed by atoms with Gasteiger partial charge < -0.3 is 9.84 Å². The van der Waals surface area contributed by atoms with E-state index in [2.05, 4.69) is 0 Å². The lowest BCUT2D eigenvalue weighted by atomic mass is 10.0. The highest BCUT2D eigenvalue weighted by molar-refractivity contribution is 7.17. The smallest absolute Gasteiger partial charge is 0.336 e. The number of benzene rings is 2. The number of aliphatic carboxylic acids is 1. The fraction of sp³-hybridized carbons (Fsp3) is 0.105. The van der Waals surface area contributed by atoms with Crippen molar-refractivity contribution in [1.29, 1.82) is 0 Å². The first-order valence-electron chi connectivity index (χ1n) is 7.16. The van der Waals surface area contributed by atoms with Gasteiger partial charge in [0.25, 0.3) is 0 Å². The molecule has 0 radical (unpaired) electrons. The van der Waals surface area contributed by atoms with Gasteiger partial charge in [-0.15, -0.1) is 11.3 Å². The molecule has 0 fully saturated rings. The Kier molecular flexibility index (Phi) is 4.17. The summed E-state index contributed by atoms with van der Waals surface area (Å²) in [6.45, 7) is 2.01. The average Bonchev–Trinajstić information content (AvgIpc) is 2.95. The number of carboxylic acids is 1. The number of hydrogen-bond donors (Lipinski definition) is 1. The number of carbonyl (C=O) groups is 1. The van der Waals surface area contributed by atoms with E-state index < -0.39 is 5.97 Å². The van der Waals surface area contributed by atoms with Crippen molar-refractivity contribution in [3.63, 3.8) is 0 Å². The van der Waals surface area contributed by atoms with Crippen LogP contribution in [0.5, 0.6) is 5.75 Å². The molecule has 3 aromatic rings. The molecular formula is C19H16O3S. The van der Waals surface area contributed by atoms with Crippen LogP contribution in [0, 0.1) is 6.92 Å². The van der Waals surface area contributed by atoms with Crippen LogP contribution in [-0.2, 0) is 4.79 Å². The topological polar surface area (TPSA) is 46.5 Å². The van der Waals surface area contributed by atoms with E-state index >= 15 is 0 Å². The van der Waals surface area contributed by atoms with Crippen molar-refractivity contribution in [2.45, 2.75) is 6.92 Å². The fourth-order valence-electron chi connectivity index (χ4n) is 2.47. The number of carboxylic acid groups (broad SMARTS) is 1. The van der Waals surface area contributed by atoms with Crippen LogP contribution in [0.2, 0.25) is 0 Å². The van der Waals surface area contributed by atoms with Crippen molar-refractivity contribution in [2.24, 2.45) is 0 Å². The Labute approximate surface area is 138 Å². The second-order valence-electron chi connectivity index (χ2n) is 5.29. The summed E-state index contributed by atoms with van der Waals surface area (Å²) in [4.78, 5) is 11.8. The zero-order valence-corrected chi connectivity index (χ0v) is 13.7. The first kappa shape index (κ1) is 15.3. The minimum absolute atomic E-state index is 0.298. The van der Waals surface area contributed by atoms with Gasteiger partial charge in [0.05, 0.1) is 12.7 Å². The molecule has 0 aliphatic carbocycles. The van der Waals surface area contributed by atoms with E-state index in [0.29, 0.717) is 5.57 Å². The molecule has 0 spiro atoms. The Morgan fingerprint density at radius 3 is 2.57 bits per heavy atom. The number of aryl methyl sites for hydroxylation is 1. The lowest BCUT2D eigenvalue weighted by Gasteiger charge is -2.04. The van der Waals surface area contributed by atoms with Crippen LogP contribution in [0.1, 0.15) is 16.7 Å². The van der Waals surface area contributed by atoms with Crippen molar-refractivity contribution in [3.05, 3.63) is 64.5 Å². The van der Waals surface area contributed by atoms with E-state index in [4.69, 9.17) is 4.74 Å². The summed E-state index contributed by atoms with van der Waals surface area (Å²) in [5, 5.41) is 12.5. The number of methoxy groups -OCH3 is 1. The fourth-order valence-corrected chi connectivity index (χ4v) is 3.41. The number of ether oxygens (including phenoxy) is 1. The second kappa shape index (κ2) is 6.26. The maximum Gasteiger partial charge on any atom is 0.336 e. The van der Waals surface area contributed by atoms with Gasteiger partial charge in [-0.2, -0.15) is 0 Å². The quantitative estimate of drug-likeness (QED) is 0.698. The summed E-state index contributed by atoms with van der Waals surface area (Å²) in [5.41, 5.74) is 3.01. The molecule has 116 valence electrons. The monoisotopic (exact) mass is 324 g/mol. The predicted octanol–water partition coefficient (Wildman–Crippen LogP) is 4.84. The van der Waals surface area contributed by atoms with Crippen LogP contribution in [0.25, 0.3) is 21.7 Å². The van der Waals surface area contributed by atoms with Crippen molar-refractivity contribution in [1.82, 2.24) is 0 Å². The van der Waals surface area contributed by atoms with E-state index in [1.165, 1.54) is 0 Å². The van der Waals surface area contributed by atoms with Crippen molar-refractivity contribution in [2.75, 3.05) is 7.11 Å². The first-order valence-corrected chi connectivity index (χ1v) is 8.04. The van der Waals surface area contributed by atoms with E-state index in [9.17, 15) is 9.90 Å². The Balaban J connectivity index is 2.11. The second-order valence-corrected chi connectivity index (χ2v) is 6.20. The van der Waals surface area contributed by atoms with Crippen molar-refractivity contribution in [3.8, 4) is 5.75 Å². The van der Waals surface area contributed by atoms with Gasteiger partial charge in [0.2, 0.25) is 0 Å².